The lowest BCUT2D eigenvalue weighted by Crippen LogP contribution is -2.55. The molecule has 2 N–H and O–H groups in total. The molecule has 2 heteroatoms. The standard InChI is InChI=1S/C15H27NO/c16-14-8-6-13(7-9-14)15(10-17-11-15)12-4-2-1-3-5-12/h12-14H,1-11,16H2. The second-order valence-electron chi connectivity index (χ2n) is 6.67. The van der Waals surface area contributed by atoms with Gasteiger partial charge in [-0.05, 0) is 50.4 Å². The lowest BCUT2D eigenvalue weighted by atomic mass is 9.57. The summed E-state index contributed by atoms with van der Waals surface area (Å²) in [6.45, 7) is 2.11. The van der Waals surface area contributed by atoms with E-state index in [1.165, 1.54) is 57.8 Å². The predicted octanol–water partition coefficient (Wildman–Crippen LogP) is 3.10. The summed E-state index contributed by atoms with van der Waals surface area (Å²) in [7, 11) is 0. The molecule has 0 atom stereocenters. The molecule has 0 amide bonds. The zero-order chi connectivity index (χ0) is 11.7. The molecule has 0 bridgehead atoms. The summed E-state index contributed by atoms with van der Waals surface area (Å²) in [5.41, 5.74) is 6.62. The van der Waals surface area contributed by atoms with E-state index in [4.69, 9.17) is 10.5 Å². The molecule has 17 heavy (non-hydrogen) atoms. The van der Waals surface area contributed by atoms with Crippen LogP contribution in [0.25, 0.3) is 0 Å². The Kier molecular flexibility index (Phi) is 3.45. The van der Waals surface area contributed by atoms with Crippen molar-refractivity contribution in [3.05, 3.63) is 0 Å². The van der Waals surface area contributed by atoms with E-state index in [9.17, 15) is 0 Å². The average molecular weight is 237 g/mol. The largest absolute Gasteiger partial charge is 0.380 e. The fraction of sp³-hybridized carbons (Fsp3) is 1.00. The van der Waals surface area contributed by atoms with Gasteiger partial charge in [0.1, 0.15) is 0 Å². The van der Waals surface area contributed by atoms with E-state index in [0.717, 1.165) is 25.0 Å². The number of hydrogen-bond donors (Lipinski definition) is 1. The van der Waals surface area contributed by atoms with Gasteiger partial charge < -0.3 is 10.5 Å². The van der Waals surface area contributed by atoms with Crippen LogP contribution in [0.4, 0.5) is 0 Å². The first-order valence-corrected chi connectivity index (χ1v) is 7.64. The maximum absolute atomic E-state index is 6.05. The van der Waals surface area contributed by atoms with E-state index in [0.29, 0.717) is 11.5 Å². The second kappa shape index (κ2) is 4.89. The Morgan fingerprint density at radius 3 is 1.88 bits per heavy atom. The zero-order valence-electron chi connectivity index (χ0n) is 11.0. The van der Waals surface area contributed by atoms with Crippen molar-refractivity contribution in [2.24, 2.45) is 23.0 Å². The first-order valence-electron chi connectivity index (χ1n) is 7.64. The van der Waals surface area contributed by atoms with Gasteiger partial charge in [-0.1, -0.05) is 19.3 Å². The van der Waals surface area contributed by atoms with Gasteiger partial charge in [-0.15, -0.1) is 0 Å². The van der Waals surface area contributed by atoms with Crippen LogP contribution in [-0.4, -0.2) is 19.3 Å². The molecule has 2 saturated carbocycles. The van der Waals surface area contributed by atoms with Crippen molar-refractivity contribution in [1.29, 1.82) is 0 Å². The molecule has 3 rings (SSSR count). The van der Waals surface area contributed by atoms with Gasteiger partial charge in [0.15, 0.2) is 0 Å². The van der Waals surface area contributed by atoms with Crippen LogP contribution >= 0.6 is 0 Å². The summed E-state index contributed by atoms with van der Waals surface area (Å²) in [4.78, 5) is 0. The van der Waals surface area contributed by atoms with E-state index in [1.807, 2.05) is 0 Å². The van der Waals surface area contributed by atoms with Crippen molar-refractivity contribution in [2.75, 3.05) is 13.2 Å². The van der Waals surface area contributed by atoms with Gasteiger partial charge in [0.2, 0.25) is 0 Å². The molecule has 3 fully saturated rings. The van der Waals surface area contributed by atoms with Crippen LogP contribution in [0.3, 0.4) is 0 Å². The van der Waals surface area contributed by atoms with Crippen molar-refractivity contribution in [3.8, 4) is 0 Å². The highest BCUT2D eigenvalue weighted by molar-refractivity contribution is 4.99. The number of hydrogen-bond acceptors (Lipinski definition) is 2. The molecule has 1 saturated heterocycles. The van der Waals surface area contributed by atoms with Crippen LogP contribution in [0.1, 0.15) is 57.8 Å². The summed E-state index contributed by atoms with van der Waals surface area (Å²) in [5, 5.41) is 0. The molecule has 1 aliphatic heterocycles. The molecule has 2 nitrogen and oxygen atoms in total. The Bertz CT molecular complexity index is 248. The minimum atomic E-state index is 0.482. The number of nitrogens with two attached hydrogens (primary N) is 1. The highest BCUT2D eigenvalue weighted by Gasteiger charge is 2.51. The van der Waals surface area contributed by atoms with E-state index < -0.39 is 0 Å². The van der Waals surface area contributed by atoms with E-state index >= 15 is 0 Å². The molecule has 0 spiro atoms. The van der Waals surface area contributed by atoms with Gasteiger partial charge in [0.25, 0.3) is 0 Å². The van der Waals surface area contributed by atoms with Crippen LogP contribution in [0.5, 0.6) is 0 Å². The summed E-state index contributed by atoms with van der Waals surface area (Å²) in [5.74, 6) is 1.88. The molecule has 3 aliphatic rings. The Morgan fingerprint density at radius 1 is 0.765 bits per heavy atom. The van der Waals surface area contributed by atoms with Crippen molar-refractivity contribution >= 4 is 0 Å². The number of rotatable bonds is 2. The van der Waals surface area contributed by atoms with Crippen molar-refractivity contribution in [1.82, 2.24) is 0 Å². The second-order valence-corrected chi connectivity index (χ2v) is 6.67. The minimum absolute atomic E-state index is 0.482. The Morgan fingerprint density at radius 2 is 1.35 bits per heavy atom. The quantitative estimate of drug-likeness (QED) is 0.801. The molecule has 2 aliphatic carbocycles. The molecule has 1 heterocycles. The lowest BCUT2D eigenvalue weighted by Gasteiger charge is -2.55. The van der Waals surface area contributed by atoms with E-state index in [2.05, 4.69) is 0 Å². The molecule has 0 radical (unpaired) electrons. The normalized spacial score (nSPS) is 38.6. The van der Waals surface area contributed by atoms with Gasteiger partial charge in [-0.3, -0.25) is 0 Å². The highest BCUT2D eigenvalue weighted by atomic mass is 16.5. The van der Waals surface area contributed by atoms with Crippen LogP contribution < -0.4 is 5.73 Å². The monoisotopic (exact) mass is 237 g/mol. The lowest BCUT2D eigenvalue weighted by molar-refractivity contribution is -0.190. The first-order chi connectivity index (χ1) is 8.31. The van der Waals surface area contributed by atoms with Crippen LogP contribution in [-0.2, 0) is 4.74 Å². The summed E-state index contributed by atoms with van der Waals surface area (Å²) < 4.78 is 5.64. The number of ether oxygens (including phenoxy) is 1. The maximum Gasteiger partial charge on any atom is 0.0550 e. The Hall–Kier alpha value is -0.0800. The predicted molar refractivity (Wildman–Crippen MR) is 69.8 cm³/mol. The SMILES string of the molecule is NC1CCC(C2(C3CCCCC3)COC2)CC1. The Labute approximate surface area is 105 Å². The molecule has 98 valence electrons. The third-order valence-corrected chi connectivity index (χ3v) is 5.74. The fourth-order valence-corrected chi connectivity index (χ4v) is 4.51. The highest BCUT2D eigenvalue weighted by Crippen LogP contribution is 2.52. The van der Waals surface area contributed by atoms with Gasteiger partial charge in [0.05, 0.1) is 13.2 Å². The topological polar surface area (TPSA) is 35.2 Å². The van der Waals surface area contributed by atoms with Crippen LogP contribution in [0.15, 0.2) is 0 Å². The smallest absolute Gasteiger partial charge is 0.0550 e. The van der Waals surface area contributed by atoms with Gasteiger partial charge >= 0.3 is 0 Å². The minimum Gasteiger partial charge on any atom is -0.380 e. The van der Waals surface area contributed by atoms with Crippen molar-refractivity contribution in [3.63, 3.8) is 0 Å². The van der Waals surface area contributed by atoms with Gasteiger partial charge in [-0.25, -0.2) is 0 Å². The molecular weight excluding hydrogens is 210 g/mol. The van der Waals surface area contributed by atoms with Gasteiger partial charge in [0, 0.05) is 11.5 Å². The maximum atomic E-state index is 6.05. The van der Waals surface area contributed by atoms with Crippen LogP contribution in [0, 0.1) is 17.3 Å². The molecular formula is C15H27NO. The molecule has 0 unspecified atom stereocenters. The van der Waals surface area contributed by atoms with Crippen molar-refractivity contribution in [2.45, 2.75) is 63.8 Å². The summed E-state index contributed by atoms with van der Waals surface area (Å²) >= 11 is 0. The fourth-order valence-electron chi connectivity index (χ4n) is 4.51. The summed E-state index contributed by atoms with van der Waals surface area (Å²) in [6.07, 6.45) is 12.5. The average Bonchev–Trinajstić information content (AvgIpc) is 2.32. The molecule has 0 aromatic carbocycles. The van der Waals surface area contributed by atoms with Gasteiger partial charge in [-0.2, -0.15) is 0 Å². The first kappa shape index (κ1) is 12.0. The van der Waals surface area contributed by atoms with Crippen LogP contribution in [0.2, 0.25) is 0 Å². The third kappa shape index (κ3) is 2.15. The third-order valence-electron chi connectivity index (χ3n) is 5.74. The summed E-state index contributed by atoms with van der Waals surface area (Å²) in [6, 6.07) is 0.482. The molecule has 0 aromatic heterocycles. The van der Waals surface area contributed by atoms with Crippen molar-refractivity contribution < 1.29 is 4.74 Å². The molecule has 0 aromatic rings. The van der Waals surface area contributed by atoms with E-state index in [1.54, 1.807) is 0 Å². The van der Waals surface area contributed by atoms with E-state index in [-0.39, 0.29) is 0 Å². The zero-order valence-corrected chi connectivity index (χ0v) is 11.0. The Balaban J connectivity index is 1.68.